The second kappa shape index (κ2) is 4.09. The first-order valence-corrected chi connectivity index (χ1v) is 4.97. The standard InChI is InChI=1S/C12H13N3/c1-2-9-5-6-11(15-8-9)10-4-3-7-14-12(10)13/h3-8H,2H2,1H3,(H2,13,14). The fourth-order valence-electron chi connectivity index (χ4n) is 1.43. The summed E-state index contributed by atoms with van der Waals surface area (Å²) in [5.41, 5.74) is 8.76. The minimum atomic E-state index is 0.522. The average molecular weight is 199 g/mol. The molecule has 2 rings (SSSR count). The molecule has 2 aromatic rings. The van der Waals surface area contributed by atoms with E-state index >= 15 is 0 Å². The van der Waals surface area contributed by atoms with Crippen LogP contribution in [0, 0.1) is 0 Å². The van der Waals surface area contributed by atoms with Crippen LogP contribution in [0.2, 0.25) is 0 Å². The summed E-state index contributed by atoms with van der Waals surface area (Å²) >= 11 is 0. The molecule has 0 fully saturated rings. The van der Waals surface area contributed by atoms with Gasteiger partial charge in [0.15, 0.2) is 0 Å². The molecule has 0 spiro atoms. The first kappa shape index (κ1) is 9.65. The zero-order valence-electron chi connectivity index (χ0n) is 8.64. The molecule has 0 aliphatic rings. The van der Waals surface area contributed by atoms with Crippen molar-refractivity contribution < 1.29 is 0 Å². The third-order valence-corrected chi connectivity index (χ3v) is 2.35. The highest BCUT2D eigenvalue weighted by molar-refractivity contribution is 5.70. The smallest absolute Gasteiger partial charge is 0.132 e. The largest absolute Gasteiger partial charge is 0.383 e. The van der Waals surface area contributed by atoms with Crippen molar-refractivity contribution in [1.82, 2.24) is 9.97 Å². The van der Waals surface area contributed by atoms with E-state index in [0.29, 0.717) is 5.82 Å². The number of anilines is 1. The van der Waals surface area contributed by atoms with E-state index in [2.05, 4.69) is 23.0 Å². The summed E-state index contributed by atoms with van der Waals surface area (Å²) in [7, 11) is 0. The van der Waals surface area contributed by atoms with Gasteiger partial charge in [0.2, 0.25) is 0 Å². The molecule has 0 atom stereocenters. The van der Waals surface area contributed by atoms with Gasteiger partial charge >= 0.3 is 0 Å². The van der Waals surface area contributed by atoms with Crippen molar-refractivity contribution in [3.05, 3.63) is 42.2 Å². The van der Waals surface area contributed by atoms with E-state index < -0.39 is 0 Å². The maximum Gasteiger partial charge on any atom is 0.132 e. The number of nitrogens with zero attached hydrogens (tertiary/aromatic N) is 2. The quantitative estimate of drug-likeness (QED) is 0.807. The fraction of sp³-hybridized carbons (Fsp3) is 0.167. The first-order chi connectivity index (χ1) is 7.31. The third kappa shape index (κ3) is 1.96. The summed E-state index contributed by atoms with van der Waals surface area (Å²) in [4.78, 5) is 8.40. The summed E-state index contributed by atoms with van der Waals surface area (Å²) in [5.74, 6) is 0.522. The summed E-state index contributed by atoms with van der Waals surface area (Å²) in [5, 5.41) is 0. The van der Waals surface area contributed by atoms with Crippen LogP contribution in [0.4, 0.5) is 5.82 Å². The van der Waals surface area contributed by atoms with Crippen LogP contribution >= 0.6 is 0 Å². The molecular weight excluding hydrogens is 186 g/mol. The number of aromatic nitrogens is 2. The minimum absolute atomic E-state index is 0.522. The highest BCUT2D eigenvalue weighted by atomic mass is 14.8. The van der Waals surface area contributed by atoms with Gasteiger partial charge in [-0.1, -0.05) is 13.0 Å². The second-order valence-electron chi connectivity index (χ2n) is 3.34. The molecule has 76 valence electrons. The van der Waals surface area contributed by atoms with Crippen LogP contribution in [0.5, 0.6) is 0 Å². The van der Waals surface area contributed by atoms with E-state index in [9.17, 15) is 0 Å². The zero-order valence-corrected chi connectivity index (χ0v) is 8.64. The number of hydrogen-bond donors (Lipinski definition) is 1. The van der Waals surface area contributed by atoms with E-state index in [1.807, 2.05) is 24.4 Å². The van der Waals surface area contributed by atoms with Crippen molar-refractivity contribution in [2.45, 2.75) is 13.3 Å². The molecule has 2 heterocycles. The Kier molecular flexibility index (Phi) is 2.63. The lowest BCUT2D eigenvalue weighted by Gasteiger charge is -2.04. The predicted molar refractivity (Wildman–Crippen MR) is 61.3 cm³/mol. The maximum atomic E-state index is 5.77. The number of hydrogen-bond acceptors (Lipinski definition) is 3. The van der Waals surface area contributed by atoms with Gasteiger partial charge in [-0.05, 0) is 30.2 Å². The Balaban J connectivity index is 2.42. The molecule has 15 heavy (non-hydrogen) atoms. The summed E-state index contributed by atoms with van der Waals surface area (Å²) in [6.07, 6.45) is 4.55. The Morgan fingerprint density at radius 2 is 2.07 bits per heavy atom. The topological polar surface area (TPSA) is 51.8 Å². The molecule has 2 aromatic heterocycles. The summed E-state index contributed by atoms with van der Waals surface area (Å²) in [6.45, 7) is 2.11. The zero-order chi connectivity index (χ0) is 10.7. The Hall–Kier alpha value is -1.90. The molecule has 0 amide bonds. The molecule has 3 heteroatoms. The van der Waals surface area contributed by atoms with Crippen LogP contribution in [0.15, 0.2) is 36.7 Å². The van der Waals surface area contributed by atoms with Crippen molar-refractivity contribution in [3.63, 3.8) is 0 Å². The SMILES string of the molecule is CCc1ccc(-c2cccnc2N)nc1. The van der Waals surface area contributed by atoms with Gasteiger partial charge in [0, 0.05) is 18.0 Å². The fourth-order valence-corrected chi connectivity index (χ4v) is 1.43. The Labute approximate surface area is 89.0 Å². The molecule has 0 saturated carbocycles. The molecule has 0 aromatic carbocycles. The van der Waals surface area contributed by atoms with Gasteiger partial charge < -0.3 is 5.73 Å². The number of aryl methyl sites for hydroxylation is 1. The van der Waals surface area contributed by atoms with Gasteiger partial charge in [-0.3, -0.25) is 4.98 Å². The van der Waals surface area contributed by atoms with Crippen LogP contribution in [-0.2, 0) is 6.42 Å². The molecule has 2 N–H and O–H groups in total. The molecule has 0 aliphatic heterocycles. The molecule has 0 unspecified atom stereocenters. The van der Waals surface area contributed by atoms with Crippen LogP contribution in [-0.4, -0.2) is 9.97 Å². The molecular formula is C12H13N3. The van der Waals surface area contributed by atoms with Crippen molar-refractivity contribution in [2.24, 2.45) is 0 Å². The summed E-state index contributed by atoms with van der Waals surface area (Å²) in [6, 6.07) is 7.83. The van der Waals surface area contributed by atoms with Gasteiger partial charge in [-0.25, -0.2) is 4.98 Å². The van der Waals surface area contributed by atoms with Gasteiger partial charge in [0.1, 0.15) is 5.82 Å². The molecule has 0 saturated heterocycles. The lowest BCUT2D eigenvalue weighted by atomic mass is 10.1. The van der Waals surface area contributed by atoms with Crippen LogP contribution in [0.25, 0.3) is 11.3 Å². The maximum absolute atomic E-state index is 5.77. The van der Waals surface area contributed by atoms with Crippen LogP contribution in [0.3, 0.4) is 0 Å². The van der Waals surface area contributed by atoms with E-state index in [4.69, 9.17) is 5.73 Å². The molecule has 0 bridgehead atoms. The van der Waals surface area contributed by atoms with Gasteiger partial charge in [-0.2, -0.15) is 0 Å². The highest BCUT2D eigenvalue weighted by Gasteiger charge is 2.03. The van der Waals surface area contributed by atoms with Crippen LogP contribution < -0.4 is 5.73 Å². The van der Waals surface area contributed by atoms with Crippen LogP contribution in [0.1, 0.15) is 12.5 Å². The number of pyridine rings is 2. The Morgan fingerprint density at radius 3 is 2.67 bits per heavy atom. The Bertz CT molecular complexity index is 449. The van der Waals surface area contributed by atoms with Crippen molar-refractivity contribution in [3.8, 4) is 11.3 Å². The van der Waals surface area contributed by atoms with Gasteiger partial charge in [-0.15, -0.1) is 0 Å². The number of rotatable bonds is 2. The van der Waals surface area contributed by atoms with Gasteiger partial charge in [0.25, 0.3) is 0 Å². The Morgan fingerprint density at radius 1 is 1.20 bits per heavy atom. The van der Waals surface area contributed by atoms with E-state index in [1.54, 1.807) is 6.20 Å². The van der Waals surface area contributed by atoms with E-state index in [1.165, 1.54) is 5.56 Å². The summed E-state index contributed by atoms with van der Waals surface area (Å²) < 4.78 is 0. The van der Waals surface area contributed by atoms with Gasteiger partial charge in [0.05, 0.1) is 5.69 Å². The predicted octanol–water partition coefficient (Wildman–Crippen LogP) is 2.29. The second-order valence-corrected chi connectivity index (χ2v) is 3.34. The van der Waals surface area contributed by atoms with Crippen molar-refractivity contribution >= 4 is 5.82 Å². The number of nitrogen functional groups attached to an aromatic ring is 1. The molecule has 0 aliphatic carbocycles. The molecule has 3 nitrogen and oxygen atoms in total. The first-order valence-electron chi connectivity index (χ1n) is 4.97. The lowest BCUT2D eigenvalue weighted by Crippen LogP contribution is -1.94. The van der Waals surface area contributed by atoms with E-state index in [0.717, 1.165) is 17.7 Å². The van der Waals surface area contributed by atoms with Crippen molar-refractivity contribution in [2.75, 3.05) is 5.73 Å². The monoisotopic (exact) mass is 199 g/mol. The normalized spacial score (nSPS) is 10.2. The average Bonchev–Trinajstić information content (AvgIpc) is 2.30. The number of nitrogens with two attached hydrogens (primary N) is 1. The lowest BCUT2D eigenvalue weighted by molar-refractivity contribution is 1.10. The van der Waals surface area contributed by atoms with Crippen molar-refractivity contribution in [1.29, 1.82) is 0 Å². The minimum Gasteiger partial charge on any atom is -0.383 e. The third-order valence-electron chi connectivity index (χ3n) is 2.35. The highest BCUT2D eigenvalue weighted by Crippen LogP contribution is 2.21. The molecule has 0 radical (unpaired) electrons. The van der Waals surface area contributed by atoms with E-state index in [-0.39, 0.29) is 0 Å².